The molecule has 0 spiro atoms. The number of hydrogen-bond acceptors (Lipinski definition) is 13. The lowest BCUT2D eigenvalue weighted by molar-refractivity contribution is -0.155. The number of likely N-dealkylation sites (N-methyl/N-ethyl adjacent to an activating group) is 2. The van der Waals surface area contributed by atoms with Gasteiger partial charge in [0.1, 0.15) is 5.60 Å². The molecule has 320 valence electrons. The van der Waals surface area contributed by atoms with Crippen molar-refractivity contribution in [2.45, 2.75) is 167 Å². The van der Waals surface area contributed by atoms with E-state index in [4.69, 9.17) is 23.3 Å². The molecule has 4 rings (SSSR count). The van der Waals surface area contributed by atoms with Crippen LogP contribution < -0.4 is 0 Å². The molecule has 2 aliphatic carbocycles. The second kappa shape index (κ2) is 26.1. The molecule has 0 bridgehead atoms. The molecule has 0 amide bonds. The van der Waals surface area contributed by atoms with Crippen molar-refractivity contribution in [2.75, 3.05) is 54.6 Å². The lowest BCUT2D eigenvalue weighted by Gasteiger charge is -2.23. The Morgan fingerprint density at radius 3 is 1.55 bits per heavy atom. The van der Waals surface area contributed by atoms with Crippen LogP contribution in [0.3, 0.4) is 0 Å². The molecule has 0 saturated heterocycles. The number of hydrogen-bond donors (Lipinski definition) is 1. The van der Waals surface area contributed by atoms with Gasteiger partial charge in [0.05, 0.1) is 39.1 Å². The molecule has 2 aromatic heterocycles. The summed E-state index contributed by atoms with van der Waals surface area (Å²) in [7, 11) is 7.32. The van der Waals surface area contributed by atoms with Gasteiger partial charge >= 0.3 is 11.9 Å². The van der Waals surface area contributed by atoms with Gasteiger partial charge in [-0.1, -0.05) is 100 Å². The number of aliphatic carboxylic acids is 1. The monoisotopic (exact) mass is 791 g/mol. The van der Waals surface area contributed by atoms with Crippen LogP contribution in [0.25, 0.3) is 0 Å². The van der Waals surface area contributed by atoms with Crippen molar-refractivity contribution >= 4 is 11.9 Å². The number of carboxylic acids is 1. The van der Waals surface area contributed by atoms with Gasteiger partial charge in [-0.25, -0.2) is 0 Å². The van der Waals surface area contributed by atoms with Crippen LogP contribution in [0.15, 0.2) is 9.05 Å². The van der Waals surface area contributed by atoms with Gasteiger partial charge in [0.15, 0.2) is 11.6 Å². The maximum absolute atomic E-state index is 12.5. The summed E-state index contributed by atoms with van der Waals surface area (Å²) >= 11 is 0. The first-order valence-corrected chi connectivity index (χ1v) is 21.3. The molecular formula is C42H74N6O8. The van der Waals surface area contributed by atoms with Crippen LogP contribution in [0.2, 0.25) is 0 Å². The van der Waals surface area contributed by atoms with Crippen molar-refractivity contribution in [1.82, 2.24) is 30.1 Å². The fourth-order valence-electron chi connectivity index (χ4n) is 7.81. The van der Waals surface area contributed by atoms with Gasteiger partial charge in [-0.15, -0.1) is 0 Å². The molecule has 0 aromatic carbocycles. The van der Waals surface area contributed by atoms with E-state index in [-0.39, 0.29) is 30.6 Å². The number of methoxy groups -OCH3 is 2. The van der Waals surface area contributed by atoms with Crippen LogP contribution in [0.5, 0.6) is 0 Å². The zero-order valence-corrected chi connectivity index (χ0v) is 35.8. The molecule has 56 heavy (non-hydrogen) atoms. The number of nitrogens with zero attached hydrogens (tertiary/aromatic N) is 6. The zero-order chi connectivity index (χ0) is 40.8. The van der Waals surface area contributed by atoms with E-state index in [0.29, 0.717) is 49.7 Å². The van der Waals surface area contributed by atoms with Gasteiger partial charge in [-0.2, -0.15) is 9.97 Å². The Labute approximate surface area is 336 Å². The Hall–Kier alpha value is -2.94. The number of carbonyl (C=O) groups excluding carboxylic acids is 1. The smallest absolute Gasteiger partial charge is 0.307 e. The van der Waals surface area contributed by atoms with Crippen molar-refractivity contribution in [2.24, 2.45) is 11.8 Å². The van der Waals surface area contributed by atoms with Crippen LogP contribution >= 0.6 is 0 Å². The second-order valence-corrected chi connectivity index (χ2v) is 17.2. The summed E-state index contributed by atoms with van der Waals surface area (Å²) in [4.78, 5) is 36.9. The highest BCUT2D eigenvalue weighted by Gasteiger charge is 2.27. The van der Waals surface area contributed by atoms with Gasteiger partial charge in [-0.05, 0) is 59.5 Å². The highest BCUT2D eigenvalue weighted by Crippen LogP contribution is 2.33. The van der Waals surface area contributed by atoms with Crippen LogP contribution in [-0.2, 0) is 36.9 Å². The van der Waals surface area contributed by atoms with Crippen LogP contribution in [0.1, 0.15) is 172 Å². The molecule has 0 unspecified atom stereocenters. The summed E-state index contributed by atoms with van der Waals surface area (Å²) in [5.74, 6) is 2.59. The molecule has 1 N–H and O–H groups in total. The first-order valence-electron chi connectivity index (χ1n) is 21.3. The lowest BCUT2D eigenvalue weighted by Crippen LogP contribution is -2.25. The molecule has 2 atom stereocenters. The van der Waals surface area contributed by atoms with Crippen LogP contribution in [-0.4, -0.2) is 107 Å². The largest absolute Gasteiger partial charge is 0.481 e. The van der Waals surface area contributed by atoms with Crippen molar-refractivity contribution in [3.05, 3.63) is 23.4 Å². The SMILES string of the molecule is COCCN(C)Cc1noc([C@H](CCCC2CCCCC2)CC(=O)O)n1.COCCN(C)Cc1noc([C@H](CCCC2CCCCC2)CC(=O)OC(C)(C)C)n1. The highest BCUT2D eigenvalue weighted by molar-refractivity contribution is 5.70. The Bertz CT molecular complexity index is 1350. The normalized spacial score (nSPS) is 16.8. The van der Waals surface area contributed by atoms with E-state index in [1.165, 1.54) is 77.0 Å². The predicted molar refractivity (Wildman–Crippen MR) is 214 cm³/mol. The third kappa shape index (κ3) is 20.0. The second-order valence-electron chi connectivity index (χ2n) is 17.2. The van der Waals surface area contributed by atoms with Gasteiger partial charge in [0, 0.05) is 39.1 Å². The van der Waals surface area contributed by atoms with Gasteiger partial charge in [0.2, 0.25) is 11.8 Å². The molecule has 0 radical (unpaired) electrons. The van der Waals surface area contributed by atoms with E-state index in [9.17, 15) is 14.7 Å². The predicted octanol–water partition coefficient (Wildman–Crippen LogP) is 8.17. The van der Waals surface area contributed by atoms with Gasteiger partial charge < -0.3 is 28.4 Å². The standard InChI is InChI=1S/C23H41N3O4.C19H33N3O4/c1-23(2,3)29-21(27)16-19(13-9-12-18-10-7-6-8-11-18)22-24-20(25-30-22)17-26(4)14-15-28-5;1-22(11-12-25-2)14-17-20-19(26-21-17)16(13-18(23)24)10-6-9-15-7-4-3-5-8-15/h18-19H,6-17H2,1-5H3;15-16H,3-14H2,1-2H3,(H,23,24)/t19-;16-/m11/s1. The van der Waals surface area contributed by atoms with E-state index in [1.54, 1.807) is 14.2 Å². The van der Waals surface area contributed by atoms with Crippen LogP contribution in [0, 0.1) is 11.8 Å². The molecule has 2 aromatic rings. The van der Waals surface area contributed by atoms with E-state index in [1.807, 2.05) is 39.8 Å². The first-order chi connectivity index (χ1) is 26.8. The van der Waals surface area contributed by atoms with E-state index < -0.39 is 11.6 Å². The van der Waals surface area contributed by atoms with E-state index in [2.05, 4.69) is 25.2 Å². The summed E-state index contributed by atoms with van der Waals surface area (Å²) < 4.78 is 26.7. The van der Waals surface area contributed by atoms with Crippen molar-refractivity contribution < 1.29 is 38.0 Å². The van der Waals surface area contributed by atoms with Gasteiger partial charge in [-0.3, -0.25) is 19.4 Å². The quantitative estimate of drug-likeness (QED) is 0.101. The number of aromatic nitrogens is 4. The van der Waals surface area contributed by atoms with Crippen molar-refractivity contribution in [3.63, 3.8) is 0 Å². The van der Waals surface area contributed by atoms with Crippen molar-refractivity contribution in [3.8, 4) is 0 Å². The minimum absolute atomic E-state index is 0.0474. The Balaban J connectivity index is 0.000000303. The third-order valence-corrected chi connectivity index (χ3v) is 10.9. The number of carboxylic acid groups (broad SMARTS) is 1. The molecule has 2 aliphatic rings. The maximum atomic E-state index is 12.5. The van der Waals surface area contributed by atoms with E-state index >= 15 is 0 Å². The molecule has 2 heterocycles. The number of rotatable bonds is 24. The number of esters is 1. The fraction of sp³-hybridized carbons (Fsp3) is 0.857. The Morgan fingerprint density at radius 2 is 1.16 bits per heavy atom. The highest BCUT2D eigenvalue weighted by atomic mass is 16.6. The molecular weight excluding hydrogens is 716 g/mol. The lowest BCUT2D eigenvalue weighted by atomic mass is 9.84. The fourth-order valence-corrected chi connectivity index (χ4v) is 7.81. The van der Waals surface area contributed by atoms with Crippen molar-refractivity contribution in [1.29, 1.82) is 0 Å². The maximum Gasteiger partial charge on any atom is 0.307 e. The van der Waals surface area contributed by atoms with Crippen LogP contribution in [0.4, 0.5) is 0 Å². The number of ether oxygens (including phenoxy) is 3. The summed E-state index contributed by atoms with van der Waals surface area (Å²) in [6.07, 6.45) is 19.9. The summed E-state index contributed by atoms with van der Waals surface area (Å²) in [6, 6.07) is 0. The third-order valence-electron chi connectivity index (χ3n) is 10.9. The minimum Gasteiger partial charge on any atom is -0.481 e. The average Bonchev–Trinajstić information content (AvgIpc) is 3.82. The molecule has 14 heteroatoms. The molecule has 2 saturated carbocycles. The first kappa shape index (κ1) is 47.4. The Morgan fingerprint density at radius 1 is 0.732 bits per heavy atom. The minimum atomic E-state index is -0.815. The number of carbonyl (C=O) groups is 2. The average molecular weight is 791 g/mol. The Kier molecular flexibility index (Phi) is 22.1. The molecule has 2 fully saturated rings. The molecule has 14 nitrogen and oxygen atoms in total. The molecule has 0 aliphatic heterocycles. The summed E-state index contributed by atoms with van der Waals surface area (Å²) in [5, 5.41) is 17.4. The van der Waals surface area contributed by atoms with E-state index in [0.717, 1.165) is 50.6 Å². The summed E-state index contributed by atoms with van der Waals surface area (Å²) in [5.41, 5.74) is -0.492. The topological polar surface area (TPSA) is 166 Å². The summed E-state index contributed by atoms with van der Waals surface area (Å²) in [6.45, 7) is 9.71. The van der Waals surface area contributed by atoms with Gasteiger partial charge in [0.25, 0.3) is 0 Å². The zero-order valence-electron chi connectivity index (χ0n) is 35.8.